The molecule has 3 N–H and O–H groups in total. The van der Waals surface area contributed by atoms with Gasteiger partial charge in [-0.3, -0.25) is 0 Å². The van der Waals surface area contributed by atoms with Gasteiger partial charge in [-0.25, -0.2) is 4.98 Å². The van der Waals surface area contributed by atoms with Gasteiger partial charge in [0.15, 0.2) is 0 Å². The molecule has 3 nitrogen and oxygen atoms in total. The molecule has 0 bridgehead atoms. The summed E-state index contributed by atoms with van der Waals surface area (Å²) in [6, 6.07) is 1.69. The minimum absolute atomic E-state index is 0.144. The number of aromatic hydroxyl groups is 1. The van der Waals surface area contributed by atoms with Crippen molar-refractivity contribution in [3.05, 3.63) is 22.4 Å². The number of nitrogens with zero attached hydrogens (tertiary/aromatic N) is 1. The van der Waals surface area contributed by atoms with Gasteiger partial charge in [0.2, 0.25) is 0 Å². The SMILES string of the molecule is NCc1cc(Br)ncc1O. The van der Waals surface area contributed by atoms with Crippen molar-refractivity contribution < 1.29 is 5.11 Å². The zero-order chi connectivity index (χ0) is 7.56. The monoisotopic (exact) mass is 202 g/mol. The molecule has 0 unspecified atom stereocenters. The van der Waals surface area contributed by atoms with E-state index in [1.165, 1.54) is 6.20 Å². The van der Waals surface area contributed by atoms with Crippen LogP contribution in [-0.2, 0) is 6.54 Å². The van der Waals surface area contributed by atoms with Gasteiger partial charge in [0, 0.05) is 12.1 Å². The van der Waals surface area contributed by atoms with Gasteiger partial charge in [-0.15, -0.1) is 0 Å². The quantitative estimate of drug-likeness (QED) is 0.669. The molecule has 1 aromatic heterocycles. The second-order valence-electron chi connectivity index (χ2n) is 1.84. The fourth-order valence-corrected chi connectivity index (χ4v) is 1.00. The highest BCUT2D eigenvalue weighted by atomic mass is 79.9. The van der Waals surface area contributed by atoms with E-state index in [9.17, 15) is 0 Å². The van der Waals surface area contributed by atoms with E-state index in [-0.39, 0.29) is 5.75 Å². The van der Waals surface area contributed by atoms with Crippen LogP contribution >= 0.6 is 15.9 Å². The van der Waals surface area contributed by atoms with E-state index in [0.29, 0.717) is 16.7 Å². The maximum Gasteiger partial charge on any atom is 0.138 e. The largest absolute Gasteiger partial charge is 0.506 e. The minimum Gasteiger partial charge on any atom is -0.506 e. The van der Waals surface area contributed by atoms with Crippen LogP contribution < -0.4 is 5.73 Å². The van der Waals surface area contributed by atoms with E-state index in [2.05, 4.69) is 20.9 Å². The van der Waals surface area contributed by atoms with Gasteiger partial charge in [0.1, 0.15) is 10.4 Å². The van der Waals surface area contributed by atoms with Crippen molar-refractivity contribution in [3.63, 3.8) is 0 Å². The van der Waals surface area contributed by atoms with Crippen LogP contribution in [-0.4, -0.2) is 10.1 Å². The first kappa shape index (κ1) is 7.50. The van der Waals surface area contributed by atoms with Gasteiger partial charge in [0.05, 0.1) is 6.20 Å². The molecule has 0 radical (unpaired) electrons. The molecular formula is C6H7BrN2O. The summed E-state index contributed by atoms with van der Waals surface area (Å²) in [5, 5.41) is 9.07. The summed E-state index contributed by atoms with van der Waals surface area (Å²) < 4.78 is 0.686. The first-order valence-electron chi connectivity index (χ1n) is 2.77. The number of pyridine rings is 1. The summed E-state index contributed by atoms with van der Waals surface area (Å²) in [5.41, 5.74) is 6.01. The van der Waals surface area contributed by atoms with Crippen molar-refractivity contribution >= 4 is 15.9 Å². The summed E-state index contributed by atoms with van der Waals surface area (Å²) in [7, 11) is 0. The Balaban J connectivity index is 3.09. The van der Waals surface area contributed by atoms with Crippen LogP contribution in [0.4, 0.5) is 0 Å². The van der Waals surface area contributed by atoms with Gasteiger partial charge >= 0.3 is 0 Å². The summed E-state index contributed by atoms with van der Waals surface area (Å²) in [5.74, 6) is 0.144. The molecule has 0 saturated heterocycles. The first-order valence-corrected chi connectivity index (χ1v) is 3.57. The number of hydrogen-bond acceptors (Lipinski definition) is 3. The Bertz CT molecular complexity index is 239. The standard InChI is InChI=1S/C6H7BrN2O/c7-6-1-4(2-8)5(10)3-9-6/h1,3,10H,2,8H2. The van der Waals surface area contributed by atoms with Crippen LogP contribution in [0.2, 0.25) is 0 Å². The maximum absolute atomic E-state index is 9.07. The lowest BCUT2D eigenvalue weighted by atomic mass is 10.2. The average molecular weight is 203 g/mol. The molecule has 0 fully saturated rings. The van der Waals surface area contributed by atoms with Crippen LogP contribution in [0, 0.1) is 0 Å². The zero-order valence-corrected chi connectivity index (χ0v) is 6.80. The Kier molecular flexibility index (Phi) is 2.24. The van der Waals surface area contributed by atoms with Crippen LogP contribution in [0.1, 0.15) is 5.56 Å². The molecule has 10 heavy (non-hydrogen) atoms. The van der Waals surface area contributed by atoms with Crippen molar-refractivity contribution in [1.82, 2.24) is 4.98 Å². The summed E-state index contributed by atoms with van der Waals surface area (Å²) in [6.45, 7) is 0.326. The van der Waals surface area contributed by atoms with Crippen molar-refractivity contribution in [2.45, 2.75) is 6.54 Å². The van der Waals surface area contributed by atoms with E-state index < -0.39 is 0 Å². The Morgan fingerprint density at radius 1 is 1.70 bits per heavy atom. The molecule has 4 heteroatoms. The predicted octanol–water partition coefficient (Wildman–Crippen LogP) is 1.01. The number of aromatic nitrogens is 1. The summed E-state index contributed by atoms with van der Waals surface area (Å²) in [6.07, 6.45) is 1.37. The third-order valence-corrected chi connectivity index (χ3v) is 1.59. The topological polar surface area (TPSA) is 59.1 Å². The Morgan fingerprint density at radius 3 is 2.90 bits per heavy atom. The van der Waals surface area contributed by atoms with Crippen LogP contribution in [0.15, 0.2) is 16.9 Å². The van der Waals surface area contributed by atoms with Crippen LogP contribution in [0.25, 0.3) is 0 Å². The van der Waals surface area contributed by atoms with Gasteiger partial charge in [-0.05, 0) is 22.0 Å². The Hall–Kier alpha value is -0.610. The van der Waals surface area contributed by atoms with Crippen LogP contribution in [0.5, 0.6) is 5.75 Å². The molecule has 0 spiro atoms. The normalized spacial score (nSPS) is 9.80. The fraction of sp³-hybridized carbons (Fsp3) is 0.167. The molecule has 0 aliphatic heterocycles. The molecule has 0 aliphatic rings. The molecule has 0 amide bonds. The molecule has 1 rings (SSSR count). The molecule has 1 heterocycles. The molecule has 1 aromatic rings. The molecule has 0 atom stereocenters. The molecule has 54 valence electrons. The zero-order valence-electron chi connectivity index (χ0n) is 5.21. The smallest absolute Gasteiger partial charge is 0.138 e. The van der Waals surface area contributed by atoms with Crippen molar-refractivity contribution in [1.29, 1.82) is 0 Å². The highest BCUT2D eigenvalue weighted by Gasteiger charge is 1.98. The van der Waals surface area contributed by atoms with Gasteiger partial charge in [-0.2, -0.15) is 0 Å². The summed E-state index contributed by atoms with van der Waals surface area (Å²) in [4.78, 5) is 3.80. The molecule has 0 aromatic carbocycles. The van der Waals surface area contributed by atoms with Crippen molar-refractivity contribution in [3.8, 4) is 5.75 Å². The number of nitrogens with two attached hydrogens (primary N) is 1. The lowest BCUT2D eigenvalue weighted by Crippen LogP contribution is -1.96. The Morgan fingerprint density at radius 2 is 2.40 bits per heavy atom. The third-order valence-electron chi connectivity index (χ3n) is 1.15. The number of rotatable bonds is 1. The lowest BCUT2D eigenvalue weighted by molar-refractivity contribution is 0.465. The maximum atomic E-state index is 9.07. The fourth-order valence-electron chi connectivity index (χ4n) is 0.624. The lowest BCUT2D eigenvalue weighted by Gasteiger charge is -1.99. The van der Waals surface area contributed by atoms with E-state index in [1.807, 2.05) is 0 Å². The highest BCUT2D eigenvalue weighted by Crippen LogP contribution is 2.17. The van der Waals surface area contributed by atoms with Gasteiger partial charge < -0.3 is 10.8 Å². The third kappa shape index (κ3) is 1.46. The predicted molar refractivity (Wildman–Crippen MR) is 41.5 cm³/mol. The van der Waals surface area contributed by atoms with E-state index in [4.69, 9.17) is 10.8 Å². The van der Waals surface area contributed by atoms with E-state index >= 15 is 0 Å². The van der Waals surface area contributed by atoms with E-state index in [1.54, 1.807) is 6.07 Å². The second kappa shape index (κ2) is 2.98. The Labute approximate surface area is 67.0 Å². The van der Waals surface area contributed by atoms with Crippen molar-refractivity contribution in [2.24, 2.45) is 5.73 Å². The first-order chi connectivity index (χ1) is 4.74. The molecular weight excluding hydrogens is 196 g/mol. The molecule has 0 saturated carbocycles. The van der Waals surface area contributed by atoms with Crippen LogP contribution in [0.3, 0.4) is 0 Å². The van der Waals surface area contributed by atoms with Gasteiger partial charge in [0.25, 0.3) is 0 Å². The average Bonchev–Trinajstić information content (AvgIpc) is 1.94. The number of halogens is 1. The molecule has 0 aliphatic carbocycles. The van der Waals surface area contributed by atoms with Crippen molar-refractivity contribution in [2.75, 3.05) is 0 Å². The summed E-state index contributed by atoms with van der Waals surface area (Å²) >= 11 is 3.16. The number of hydrogen-bond donors (Lipinski definition) is 2. The second-order valence-corrected chi connectivity index (χ2v) is 2.65. The highest BCUT2D eigenvalue weighted by molar-refractivity contribution is 9.10. The minimum atomic E-state index is 0.144. The van der Waals surface area contributed by atoms with Gasteiger partial charge in [-0.1, -0.05) is 0 Å². The van der Waals surface area contributed by atoms with E-state index in [0.717, 1.165) is 0 Å².